The normalized spacial score (nSPS) is 22.5. The van der Waals surface area contributed by atoms with E-state index in [2.05, 4.69) is 50.4 Å². The molecule has 0 atom stereocenters. The molecule has 1 fully saturated rings. The molecule has 0 unspecified atom stereocenters. The summed E-state index contributed by atoms with van der Waals surface area (Å²) in [5.41, 5.74) is 2.83. The number of nitrogens with one attached hydrogen (secondary N) is 1. The number of aryl methyl sites for hydroxylation is 1. The first-order valence-electron chi connectivity index (χ1n) is 8.48. The lowest BCUT2D eigenvalue weighted by Crippen LogP contribution is -2.41. The van der Waals surface area contributed by atoms with E-state index in [0.717, 1.165) is 38.6 Å². The summed E-state index contributed by atoms with van der Waals surface area (Å²) in [7, 11) is 0. The van der Waals surface area contributed by atoms with Gasteiger partial charge in [0, 0.05) is 18.0 Å². The van der Waals surface area contributed by atoms with Crippen LogP contribution in [0.3, 0.4) is 0 Å². The van der Waals surface area contributed by atoms with Crippen LogP contribution in [-0.4, -0.2) is 23.7 Å². The number of carbonyl (C=O) groups is 1. The van der Waals surface area contributed by atoms with Gasteiger partial charge in [-0.2, -0.15) is 0 Å². The van der Waals surface area contributed by atoms with Gasteiger partial charge in [-0.3, -0.25) is 4.79 Å². The number of aliphatic carboxylic acids is 1. The van der Waals surface area contributed by atoms with Crippen LogP contribution in [0.25, 0.3) is 0 Å². The van der Waals surface area contributed by atoms with E-state index in [4.69, 9.17) is 5.11 Å². The van der Waals surface area contributed by atoms with Crippen molar-refractivity contribution in [2.24, 2.45) is 5.92 Å². The van der Waals surface area contributed by atoms with Gasteiger partial charge in [-0.1, -0.05) is 45.0 Å². The quantitative estimate of drug-likeness (QED) is 0.841. The minimum absolute atomic E-state index is 0.0932. The van der Waals surface area contributed by atoms with Crippen molar-refractivity contribution >= 4 is 5.97 Å². The Hall–Kier alpha value is -1.35. The lowest BCUT2D eigenvalue weighted by atomic mass is 9.82. The van der Waals surface area contributed by atoms with Gasteiger partial charge in [0.25, 0.3) is 0 Å². The predicted molar refractivity (Wildman–Crippen MR) is 90.2 cm³/mol. The van der Waals surface area contributed by atoms with E-state index in [-0.39, 0.29) is 11.3 Å². The Bertz CT molecular complexity index is 485. The molecule has 0 aromatic heterocycles. The maximum Gasteiger partial charge on any atom is 0.306 e. The Morgan fingerprint density at radius 3 is 2.27 bits per heavy atom. The largest absolute Gasteiger partial charge is 0.481 e. The first-order valence-corrected chi connectivity index (χ1v) is 8.48. The van der Waals surface area contributed by atoms with Crippen molar-refractivity contribution in [2.45, 2.75) is 64.3 Å². The monoisotopic (exact) mass is 303 g/mol. The summed E-state index contributed by atoms with van der Waals surface area (Å²) in [5, 5.41) is 12.7. The number of hydrogen-bond donors (Lipinski definition) is 2. The van der Waals surface area contributed by atoms with Crippen LogP contribution in [0.5, 0.6) is 0 Å². The lowest BCUT2D eigenvalue weighted by Gasteiger charge is -2.32. The van der Waals surface area contributed by atoms with Crippen molar-refractivity contribution in [1.82, 2.24) is 5.32 Å². The van der Waals surface area contributed by atoms with E-state index in [1.54, 1.807) is 0 Å². The second-order valence-electron chi connectivity index (χ2n) is 7.20. The van der Waals surface area contributed by atoms with Gasteiger partial charge in [0.1, 0.15) is 0 Å². The fourth-order valence-electron chi connectivity index (χ4n) is 3.24. The summed E-state index contributed by atoms with van der Waals surface area (Å²) in [5.74, 6) is -0.762. The highest BCUT2D eigenvalue weighted by molar-refractivity contribution is 5.70. The molecule has 1 aromatic rings. The van der Waals surface area contributed by atoms with Gasteiger partial charge in [0.15, 0.2) is 0 Å². The number of benzene rings is 1. The van der Waals surface area contributed by atoms with Gasteiger partial charge in [-0.05, 0) is 43.2 Å². The van der Waals surface area contributed by atoms with Crippen LogP contribution in [0.2, 0.25) is 0 Å². The van der Waals surface area contributed by atoms with Gasteiger partial charge in [-0.15, -0.1) is 0 Å². The number of carboxylic acid groups (broad SMARTS) is 1. The molecule has 0 bridgehead atoms. The molecule has 1 aliphatic rings. The molecule has 0 spiro atoms. The molecule has 0 aliphatic heterocycles. The van der Waals surface area contributed by atoms with Crippen molar-refractivity contribution in [3.63, 3.8) is 0 Å². The second kappa shape index (κ2) is 7.28. The van der Waals surface area contributed by atoms with Crippen LogP contribution in [-0.2, 0) is 16.6 Å². The van der Waals surface area contributed by atoms with Crippen LogP contribution in [0, 0.1) is 5.92 Å². The van der Waals surface area contributed by atoms with Crippen LogP contribution >= 0.6 is 0 Å². The SMILES string of the molecule is CCc1ccc(C(C)(C)CNC2CCC(C(=O)O)CC2)cc1. The molecule has 1 aromatic carbocycles. The average Bonchev–Trinajstić information content (AvgIpc) is 2.53. The van der Waals surface area contributed by atoms with Gasteiger partial charge in [0.2, 0.25) is 0 Å². The summed E-state index contributed by atoms with van der Waals surface area (Å²) < 4.78 is 0. The summed E-state index contributed by atoms with van der Waals surface area (Å²) >= 11 is 0. The van der Waals surface area contributed by atoms with Gasteiger partial charge < -0.3 is 10.4 Å². The minimum Gasteiger partial charge on any atom is -0.481 e. The zero-order valence-electron chi connectivity index (χ0n) is 14.1. The van der Waals surface area contributed by atoms with E-state index < -0.39 is 5.97 Å². The second-order valence-corrected chi connectivity index (χ2v) is 7.20. The smallest absolute Gasteiger partial charge is 0.306 e. The fraction of sp³-hybridized carbons (Fsp3) is 0.632. The number of hydrogen-bond acceptors (Lipinski definition) is 2. The number of carboxylic acids is 1. The Morgan fingerprint density at radius 2 is 1.77 bits per heavy atom. The van der Waals surface area contributed by atoms with Gasteiger partial charge in [0.05, 0.1) is 5.92 Å². The van der Waals surface area contributed by atoms with E-state index in [9.17, 15) is 4.79 Å². The maximum atomic E-state index is 11.0. The maximum absolute atomic E-state index is 11.0. The summed E-state index contributed by atoms with van der Waals surface area (Å²) in [6, 6.07) is 9.37. The number of rotatable bonds is 6. The van der Waals surface area contributed by atoms with Crippen molar-refractivity contribution in [2.75, 3.05) is 6.54 Å². The van der Waals surface area contributed by atoms with E-state index in [0.29, 0.717) is 6.04 Å². The molecule has 1 aliphatic carbocycles. The van der Waals surface area contributed by atoms with Crippen LogP contribution in [0.4, 0.5) is 0 Å². The highest BCUT2D eigenvalue weighted by atomic mass is 16.4. The first kappa shape index (κ1) is 17.0. The molecule has 0 heterocycles. The van der Waals surface area contributed by atoms with E-state index in [1.165, 1.54) is 11.1 Å². The summed E-state index contributed by atoms with van der Waals surface area (Å²) in [6.07, 6.45) is 4.63. The molecular formula is C19H29NO2. The molecule has 3 nitrogen and oxygen atoms in total. The van der Waals surface area contributed by atoms with Crippen molar-refractivity contribution in [3.05, 3.63) is 35.4 Å². The Kier molecular flexibility index (Phi) is 5.63. The Morgan fingerprint density at radius 1 is 1.18 bits per heavy atom. The van der Waals surface area contributed by atoms with Crippen molar-refractivity contribution in [1.29, 1.82) is 0 Å². The molecule has 1 saturated carbocycles. The molecule has 0 saturated heterocycles. The third-order valence-corrected chi connectivity index (χ3v) is 5.05. The van der Waals surface area contributed by atoms with Crippen LogP contribution in [0.15, 0.2) is 24.3 Å². The Labute approximate surface area is 134 Å². The van der Waals surface area contributed by atoms with Crippen molar-refractivity contribution < 1.29 is 9.90 Å². The zero-order valence-corrected chi connectivity index (χ0v) is 14.1. The average molecular weight is 303 g/mol. The first-order chi connectivity index (χ1) is 10.4. The standard InChI is InChI=1S/C19H29NO2/c1-4-14-5-9-16(10-6-14)19(2,3)13-20-17-11-7-15(8-12-17)18(21)22/h5-6,9-10,15,17,20H,4,7-8,11-13H2,1-3H3,(H,21,22). The minimum atomic E-state index is -0.630. The van der Waals surface area contributed by atoms with E-state index in [1.807, 2.05) is 0 Å². The molecular weight excluding hydrogens is 274 g/mol. The zero-order chi connectivity index (χ0) is 16.2. The topological polar surface area (TPSA) is 49.3 Å². The molecule has 0 amide bonds. The highest BCUT2D eigenvalue weighted by Gasteiger charge is 2.27. The third-order valence-electron chi connectivity index (χ3n) is 5.05. The molecule has 2 N–H and O–H groups in total. The summed E-state index contributed by atoms with van der Waals surface area (Å²) in [4.78, 5) is 11.0. The van der Waals surface area contributed by atoms with Gasteiger partial charge >= 0.3 is 5.97 Å². The van der Waals surface area contributed by atoms with Crippen LogP contribution in [0.1, 0.15) is 57.6 Å². The van der Waals surface area contributed by atoms with Gasteiger partial charge in [-0.25, -0.2) is 0 Å². The fourth-order valence-corrected chi connectivity index (χ4v) is 3.24. The molecule has 22 heavy (non-hydrogen) atoms. The van der Waals surface area contributed by atoms with E-state index >= 15 is 0 Å². The highest BCUT2D eigenvalue weighted by Crippen LogP contribution is 2.27. The Balaban J connectivity index is 1.86. The molecule has 2 rings (SSSR count). The van der Waals surface area contributed by atoms with Crippen LogP contribution < -0.4 is 5.32 Å². The summed E-state index contributed by atoms with van der Waals surface area (Å²) in [6.45, 7) is 7.64. The predicted octanol–water partition coefficient (Wildman–Crippen LogP) is 3.76. The molecule has 3 heteroatoms. The third kappa shape index (κ3) is 4.33. The molecule has 122 valence electrons. The molecule has 0 radical (unpaired) electrons. The lowest BCUT2D eigenvalue weighted by molar-refractivity contribution is -0.142. The van der Waals surface area contributed by atoms with Crippen molar-refractivity contribution in [3.8, 4) is 0 Å².